The lowest BCUT2D eigenvalue weighted by Gasteiger charge is -2.23. The maximum atomic E-state index is 12.2. The summed E-state index contributed by atoms with van der Waals surface area (Å²) >= 11 is 0. The molecule has 0 aromatic carbocycles. The third-order valence-corrected chi connectivity index (χ3v) is 2.00. The molecule has 0 radical (unpaired) electrons. The van der Waals surface area contributed by atoms with Gasteiger partial charge in [0.05, 0.1) is 0 Å². The summed E-state index contributed by atoms with van der Waals surface area (Å²) in [5.41, 5.74) is 5.15. The molecule has 0 aliphatic heterocycles. The van der Waals surface area contributed by atoms with E-state index in [9.17, 15) is 18.0 Å². The van der Waals surface area contributed by atoms with Gasteiger partial charge in [-0.1, -0.05) is 0 Å². The number of nitrogens with two attached hydrogens (primary N) is 1. The van der Waals surface area contributed by atoms with Crippen molar-refractivity contribution in [2.45, 2.75) is 25.9 Å². The van der Waals surface area contributed by atoms with Gasteiger partial charge in [0.2, 0.25) is 5.91 Å². The molecule has 17 heavy (non-hydrogen) atoms. The van der Waals surface area contributed by atoms with Crippen molar-refractivity contribution in [3.05, 3.63) is 0 Å². The smallest absolute Gasteiger partial charge is 0.382 e. The molecule has 0 aliphatic carbocycles. The van der Waals surface area contributed by atoms with E-state index in [0.717, 1.165) is 4.90 Å². The molecule has 1 amide bonds. The molecule has 0 bridgehead atoms. The summed E-state index contributed by atoms with van der Waals surface area (Å²) in [5, 5.41) is 0. The molecular weight excluding hydrogens is 237 g/mol. The van der Waals surface area contributed by atoms with Crippen molar-refractivity contribution >= 4 is 5.91 Å². The number of nitrogens with zero attached hydrogens (tertiary/aromatic N) is 1. The van der Waals surface area contributed by atoms with Gasteiger partial charge in [-0.15, -0.1) is 0 Å². The average molecular weight is 256 g/mol. The summed E-state index contributed by atoms with van der Waals surface area (Å²) in [7, 11) is 0. The van der Waals surface area contributed by atoms with Gasteiger partial charge in [0, 0.05) is 32.7 Å². The number of alkyl halides is 3. The summed E-state index contributed by atoms with van der Waals surface area (Å²) in [6.45, 7) is 1.53. The lowest BCUT2D eigenvalue weighted by atomic mass is 10.3. The van der Waals surface area contributed by atoms with Crippen LogP contribution in [0, 0.1) is 0 Å². The molecule has 0 unspecified atom stereocenters. The number of halogens is 3. The van der Waals surface area contributed by atoms with E-state index in [2.05, 4.69) is 0 Å². The van der Waals surface area contributed by atoms with Crippen molar-refractivity contribution in [2.75, 3.05) is 32.8 Å². The maximum Gasteiger partial charge on any atom is 0.406 e. The van der Waals surface area contributed by atoms with Crippen molar-refractivity contribution in [1.29, 1.82) is 0 Å². The van der Waals surface area contributed by atoms with Crippen LogP contribution in [0.25, 0.3) is 0 Å². The molecule has 0 fully saturated rings. The van der Waals surface area contributed by atoms with Gasteiger partial charge in [-0.05, 0) is 13.3 Å². The number of rotatable bonds is 8. The first-order valence-corrected chi connectivity index (χ1v) is 5.53. The number of carbonyl (C=O) groups is 1. The molecule has 0 saturated heterocycles. The van der Waals surface area contributed by atoms with Gasteiger partial charge in [0.15, 0.2) is 0 Å². The highest BCUT2D eigenvalue weighted by molar-refractivity contribution is 5.76. The minimum atomic E-state index is -4.38. The van der Waals surface area contributed by atoms with E-state index in [1.165, 1.54) is 0 Å². The van der Waals surface area contributed by atoms with Gasteiger partial charge in [-0.25, -0.2) is 0 Å². The van der Waals surface area contributed by atoms with Crippen molar-refractivity contribution in [1.82, 2.24) is 4.90 Å². The topological polar surface area (TPSA) is 55.6 Å². The molecular formula is C10H19F3N2O2. The van der Waals surface area contributed by atoms with E-state index in [1.807, 2.05) is 0 Å². The summed E-state index contributed by atoms with van der Waals surface area (Å²) in [4.78, 5) is 12.2. The zero-order valence-electron chi connectivity index (χ0n) is 9.92. The van der Waals surface area contributed by atoms with Crippen LogP contribution in [0.1, 0.15) is 19.8 Å². The number of hydrogen-bond acceptors (Lipinski definition) is 3. The fourth-order valence-corrected chi connectivity index (χ4v) is 1.29. The summed E-state index contributed by atoms with van der Waals surface area (Å²) in [5.74, 6) is -0.568. The molecule has 0 saturated carbocycles. The van der Waals surface area contributed by atoms with Gasteiger partial charge >= 0.3 is 6.18 Å². The SMILES string of the molecule is CCOCCCN(CC(F)(F)F)C(=O)CCN. The Kier molecular flexibility index (Phi) is 7.90. The highest BCUT2D eigenvalue weighted by atomic mass is 19.4. The first kappa shape index (κ1) is 16.2. The average Bonchev–Trinajstić information content (AvgIpc) is 2.21. The first-order valence-electron chi connectivity index (χ1n) is 5.53. The molecule has 0 atom stereocenters. The predicted octanol–water partition coefficient (Wildman–Crippen LogP) is 1.15. The van der Waals surface area contributed by atoms with Crippen molar-refractivity contribution in [3.8, 4) is 0 Å². The molecule has 0 aliphatic rings. The van der Waals surface area contributed by atoms with E-state index in [1.54, 1.807) is 6.92 Å². The Bertz CT molecular complexity index is 222. The largest absolute Gasteiger partial charge is 0.406 e. The van der Waals surface area contributed by atoms with Crippen LogP contribution >= 0.6 is 0 Å². The molecule has 7 heteroatoms. The number of carbonyl (C=O) groups excluding carboxylic acids is 1. The molecule has 0 aromatic heterocycles. The number of ether oxygens (including phenoxy) is 1. The van der Waals surface area contributed by atoms with Crippen LogP contribution < -0.4 is 5.73 Å². The Hall–Kier alpha value is -0.820. The second-order valence-electron chi connectivity index (χ2n) is 3.52. The van der Waals surface area contributed by atoms with Crippen LogP contribution in [-0.2, 0) is 9.53 Å². The maximum absolute atomic E-state index is 12.2. The molecule has 102 valence electrons. The fourth-order valence-electron chi connectivity index (χ4n) is 1.29. The van der Waals surface area contributed by atoms with E-state index < -0.39 is 18.6 Å². The van der Waals surface area contributed by atoms with Crippen LogP contribution in [0.5, 0.6) is 0 Å². The normalized spacial score (nSPS) is 11.6. The third-order valence-electron chi connectivity index (χ3n) is 2.00. The zero-order chi connectivity index (χ0) is 13.3. The Morgan fingerprint density at radius 2 is 2.06 bits per heavy atom. The Labute approximate surface area is 98.9 Å². The summed E-state index contributed by atoms with van der Waals surface area (Å²) < 4.78 is 41.7. The fraction of sp³-hybridized carbons (Fsp3) is 0.900. The Balaban J connectivity index is 4.16. The van der Waals surface area contributed by atoms with E-state index in [0.29, 0.717) is 19.6 Å². The molecule has 2 N–H and O–H groups in total. The summed E-state index contributed by atoms with van der Waals surface area (Å²) in [6, 6.07) is 0. The second-order valence-corrected chi connectivity index (χ2v) is 3.52. The first-order chi connectivity index (χ1) is 7.90. The Morgan fingerprint density at radius 1 is 1.41 bits per heavy atom. The minimum absolute atomic E-state index is 0.0400. The van der Waals surface area contributed by atoms with Crippen LogP contribution in [0.4, 0.5) is 13.2 Å². The highest BCUT2D eigenvalue weighted by Crippen LogP contribution is 2.17. The lowest BCUT2D eigenvalue weighted by molar-refractivity contribution is -0.161. The minimum Gasteiger partial charge on any atom is -0.382 e. The van der Waals surface area contributed by atoms with Crippen molar-refractivity contribution in [2.24, 2.45) is 5.73 Å². The quantitative estimate of drug-likeness (QED) is 0.663. The van der Waals surface area contributed by atoms with Gasteiger partial charge < -0.3 is 15.4 Å². The zero-order valence-corrected chi connectivity index (χ0v) is 9.92. The van der Waals surface area contributed by atoms with Gasteiger partial charge in [0.25, 0.3) is 0 Å². The van der Waals surface area contributed by atoms with Crippen LogP contribution in [0.2, 0.25) is 0 Å². The second kappa shape index (κ2) is 8.30. The van der Waals surface area contributed by atoms with Crippen LogP contribution in [0.3, 0.4) is 0 Å². The van der Waals surface area contributed by atoms with E-state index >= 15 is 0 Å². The van der Waals surface area contributed by atoms with Crippen molar-refractivity contribution in [3.63, 3.8) is 0 Å². The molecule has 0 heterocycles. The number of amides is 1. The molecule has 0 aromatic rings. The van der Waals surface area contributed by atoms with Crippen LogP contribution in [-0.4, -0.2) is 49.8 Å². The van der Waals surface area contributed by atoms with E-state index in [4.69, 9.17) is 10.5 Å². The summed E-state index contributed by atoms with van der Waals surface area (Å²) in [6.07, 6.45) is -4.05. The van der Waals surface area contributed by atoms with Crippen molar-refractivity contribution < 1.29 is 22.7 Å². The monoisotopic (exact) mass is 256 g/mol. The molecule has 4 nitrogen and oxygen atoms in total. The third kappa shape index (κ3) is 8.93. The lowest BCUT2D eigenvalue weighted by Crippen LogP contribution is -2.40. The van der Waals surface area contributed by atoms with Gasteiger partial charge in [-0.2, -0.15) is 13.2 Å². The standard InChI is InChI=1S/C10H19F3N2O2/c1-2-17-7-3-6-15(8-10(11,12)13)9(16)4-5-14/h2-8,14H2,1H3. The van der Waals surface area contributed by atoms with Gasteiger partial charge in [0.1, 0.15) is 6.54 Å². The predicted molar refractivity (Wildman–Crippen MR) is 57.4 cm³/mol. The Morgan fingerprint density at radius 3 is 2.53 bits per heavy atom. The molecule has 0 spiro atoms. The molecule has 0 rings (SSSR count). The highest BCUT2D eigenvalue weighted by Gasteiger charge is 2.32. The number of hydrogen-bond donors (Lipinski definition) is 1. The van der Waals surface area contributed by atoms with Crippen LogP contribution in [0.15, 0.2) is 0 Å². The van der Waals surface area contributed by atoms with Gasteiger partial charge in [-0.3, -0.25) is 4.79 Å². The van der Waals surface area contributed by atoms with E-state index in [-0.39, 0.29) is 19.5 Å².